The van der Waals surface area contributed by atoms with E-state index in [9.17, 15) is 4.79 Å². The van der Waals surface area contributed by atoms with E-state index in [1.165, 1.54) is 6.26 Å². The zero-order chi connectivity index (χ0) is 13.1. The predicted octanol–water partition coefficient (Wildman–Crippen LogP) is 1.27. The van der Waals surface area contributed by atoms with Gasteiger partial charge in [0.1, 0.15) is 31.7 Å². The molecule has 1 aliphatic rings. The molecule has 0 atom stereocenters. The molecule has 6 heteroatoms. The minimum absolute atomic E-state index is 0.0926. The van der Waals surface area contributed by atoms with Gasteiger partial charge in [-0.05, 0) is 12.1 Å². The van der Waals surface area contributed by atoms with Crippen molar-refractivity contribution in [3.05, 3.63) is 48.3 Å². The molecule has 1 aliphatic heterocycles. The second kappa shape index (κ2) is 5.01. The molecule has 0 saturated carbocycles. The minimum Gasteiger partial charge on any atom is -0.493 e. The summed E-state index contributed by atoms with van der Waals surface area (Å²) in [5.41, 5.74) is 1.49. The summed E-state index contributed by atoms with van der Waals surface area (Å²) in [7, 11) is 0. The monoisotopic (exact) mass is 260 g/mol. The quantitative estimate of drug-likeness (QED) is 0.778. The third-order valence-corrected chi connectivity index (χ3v) is 2.62. The number of nitrogens with zero attached hydrogens (tertiary/aromatic N) is 2. The first-order valence-electron chi connectivity index (χ1n) is 5.87. The van der Waals surface area contributed by atoms with E-state index in [-0.39, 0.29) is 12.4 Å². The van der Waals surface area contributed by atoms with Crippen molar-refractivity contribution in [1.82, 2.24) is 9.38 Å². The van der Waals surface area contributed by atoms with E-state index in [2.05, 4.69) is 4.98 Å². The van der Waals surface area contributed by atoms with Gasteiger partial charge in [0.15, 0.2) is 0 Å². The summed E-state index contributed by atoms with van der Waals surface area (Å²) < 4.78 is 17.1. The molecule has 0 fully saturated rings. The number of hydrogen-bond acceptors (Lipinski definition) is 5. The van der Waals surface area contributed by atoms with Crippen LogP contribution in [0.3, 0.4) is 0 Å². The lowest BCUT2D eigenvalue weighted by Crippen LogP contribution is -2.17. The number of rotatable bonds is 3. The Hall–Kier alpha value is -2.50. The number of imidazole rings is 1. The van der Waals surface area contributed by atoms with Crippen LogP contribution in [0.2, 0.25) is 0 Å². The summed E-state index contributed by atoms with van der Waals surface area (Å²) in [5.74, 6) is -0.452. The van der Waals surface area contributed by atoms with Crippen LogP contribution in [0, 0.1) is 0 Å². The van der Waals surface area contributed by atoms with Crippen LogP contribution in [-0.4, -0.2) is 28.6 Å². The van der Waals surface area contributed by atoms with Crippen LogP contribution >= 0.6 is 0 Å². The smallest absolute Gasteiger partial charge is 0.377 e. The number of aromatic nitrogens is 2. The first kappa shape index (κ1) is 11.6. The molecule has 19 heavy (non-hydrogen) atoms. The summed E-state index contributed by atoms with van der Waals surface area (Å²) in [5, 5.41) is 0. The molecule has 3 rings (SSSR count). The molecule has 0 amide bonds. The lowest BCUT2D eigenvalue weighted by Gasteiger charge is -2.13. The van der Waals surface area contributed by atoms with Gasteiger partial charge in [-0.3, -0.25) is 0 Å². The highest BCUT2D eigenvalue weighted by Gasteiger charge is 2.17. The second-order valence-electron chi connectivity index (χ2n) is 3.98. The number of hydrogen-bond donors (Lipinski definition) is 0. The number of carbonyl (C=O) groups is 1. The van der Waals surface area contributed by atoms with Gasteiger partial charge in [-0.25, -0.2) is 9.78 Å². The van der Waals surface area contributed by atoms with Crippen molar-refractivity contribution in [2.75, 3.05) is 13.2 Å². The summed E-state index contributed by atoms with van der Waals surface area (Å²) >= 11 is 0. The Kier molecular flexibility index (Phi) is 3.06. The average molecular weight is 260 g/mol. The van der Waals surface area contributed by atoms with Gasteiger partial charge < -0.3 is 18.6 Å². The summed E-state index contributed by atoms with van der Waals surface area (Å²) in [6, 6.07) is 5.69. The SMILES string of the molecule is O=C(OCc1cn2ccccc2n1)C1=COCCO1. The zero-order valence-electron chi connectivity index (χ0n) is 10.1. The summed E-state index contributed by atoms with van der Waals surface area (Å²) in [6.45, 7) is 0.903. The zero-order valence-corrected chi connectivity index (χ0v) is 10.1. The maximum atomic E-state index is 11.7. The molecule has 0 saturated heterocycles. The highest BCUT2D eigenvalue weighted by Crippen LogP contribution is 2.09. The minimum atomic E-state index is -0.545. The molecular weight excluding hydrogens is 248 g/mol. The van der Waals surface area contributed by atoms with Crippen LogP contribution in [-0.2, 0) is 25.6 Å². The number of ether oxygens (including phenoxy) is 3. The van der Waals surface area contributed by atoms with Gasteiger partial charge in [-0.15, -0.1) is 0 Å². The maximum Gasteiger partial charge on any atom is 0.377 e. The Labute approximate surface area is 109 Å². The summed E-state index contributed by atoms with van der Waals surface area (Å²) in [6.07, 6.45) is 4.97. The van der Waals surface area contributed by atoms with Gasteiger partial charge in [0, 0.05) is 12.4 Å². The molecule has 2 aromatic rings. The molecule has 0 N–H and O–H groups in total. The normalized spacial score (nSPS) is 14.4. The van der Waals surface area contributed by atoms with E-state index in [0.29, 0.717) is 18.9 Å². The third kappa shape index (κ3) is 2.52. The topological polar surface area (TPSA) is 62.1 Å². The average Bonchev–Trinajstić information content (AvgIpc) is 2.88. The van der Waals surface area contributed by atoms with Crippen LogP contribution in [0.25, 0.3) is 5.65 Å². The fraction of sp³-hybridized carbons (Fsp3) is 0.231. The fourth-order valence-corrected chi connectivity index (χ4v) is 1.74. The third-order valence-electron chi connectivity index (χ3n) is 2.62. The summed E-state index contributed by atoms with van der Waals surface area (Å²) in [4.78, 5) is 16.0. The number of fused-ring (bicyclic) bond motifs is 1. The molecule has 0 aliphatic carbocycles. The van der Waals surface area contributed by atoms with E-state index in [4.69, 9.17) is 14.2 Å². The Balaban J connectivity index is 1.65. The van der Waals surface area contributed by atoms with Crippen molar-refractivity contribution < 1.29 is 19.0 Å². The molecule has 0 aromatic carbocycles. The lowest BCUT2D eigenvalue weighted by atomic mass is 10.5. The number of carbonyl (C=O) groups excluding carboxylic acids is 1. The van der Waals surface area contributed by atoms with Crippen LogP contribution in [0.1, 0.15) is 5.69 Å². The standard InChI is InChI=1S/C13H12N2O4/c16-13(11-9-17-5-6-18-11)19-8-10-7-15-4-2-1-3-12(15)14-10/h1-4,7,9H,5-6,8H2. The van der Waals surface area contributed by atoms with E-state index in [1.807, 2.05) is 35.0 Å². The maximum absolute atomic E-state index is 11.7. The van der Waals surface area contributed by atoms with Crippen LogP contribution < -0.4 is 0 Å². The van der Waals surface area contributed by atoms with Crippen LogP contribution in [0.4, 0.5) is 0 Å². The molecule has 3 heterocycles. The van der Waals surface area contributed by atoms with Gasteiger partial charge in [-0.1, -0.05) is 6.07 Å². The largest absolute Gasteiger partial charge is 0.493 e. The Bertz CT molecular complexity index is 599. The molecule has 0 spiro atoms. The lowest BCUT2D eigenvalue weighted by molar-refractivity contribution is -0.146. The van der Waals surface area contributed by atoms with Gasteiger partial charge in [0.2, 0.25) is 5.76 Å². The number of esters is 1. The Morgan fingerprint density at radius 2 is 2.37 bits per heavy atom. The van der Waals surface area contributed by atoms with Crippen molar-refractivity contribution in [3.63, 3.8) is 0 Å². The number of pyridine rings is 1. The molecule has 2 aromatic heterocycles. The van der Waals surface area contributed by atoms with Gasteiger partial charge >= 0.3 is 5.97 Å². The van der Waals surface area contributed by atoms with Crippen molar-refractivity contribution in [2.24, 2.45) is 0 Å². The van der Waals surface area contributed by atoms with Crippen LogP contribution in [0.5, 0.6) is 0 Å². The van der Waals surface area contributed by atoms with E-state index in [0.717, 1.165) is 5.65 Å². The highest BCUT2D eigenvalue weighted by molar-refractivity contribution is 5.86. The second-order valence-corrected chi connectivity index (χ2v) is 3.98. The molecule has 98 valence electrons. The predicted molar refractivity (Wildman–Crippen MR) is 65.0 cm³/mol. The molecule has 0 bridgehead atoms. The van der Waals surface area contributed by atoms with Gasteiger partial charge in [0.05, 0.1) is 5.69 Å². The Morgan fingerprint density at radius 1 is 1.42 bits per heavy atom. The fourth-order valence-electron chi connectivity index (χ4n) is 1.74. The van der Waals surface area contributed by atoms with E-state index < -0.39 is 5.97 Å². The van der Waals surface area contributed by atoms with Crippen LogP contribution in [0.15, 0.2) is 42.6 Å². The van der Waals surface area contributed by atoms with Crippen molar-refractivity contribution in [2.45, 2.75) is 6.61 Å². The van der Waals surface area contributed by atoms with Gasteiger partial charge in [-0.2, -0.15) is 0 Å². The first-order chi connectivity index (χ1) is 9.33. The molecule has 0 radical (unpaired) electrons. The van der Waals surface area contributed by atoms with E-state index in [1.54, 1.807) is 0 Å². The van der Waals surface area contributed by atoms with Crippen molar-refractivity contribution >= 4 is 11.6 Å². The Morgan fingerprint density at radius 3 is 3.16 bits per heavy atom. The highest BCUT2D eigenvalue weighted by atomic mass is 16.6. The van der Waals surface area contributed by atoms with Gasteiger partial charge in [0.25, 0.3) is 0 Å². The van der Waals surface area contributed by atoms with Crippen molar-refractivity contribution in [1.29, 1.82) is 0 Å². The van der Waals surface area contributed by atoms with Crippen molar-refractivity contribution in [3.8, 4) is 0 Å². The molecular formula is C13H12N2O4. The first-order valence-corrected chi connectivity index (χ1v) is 5.87. The molecule has 6 nitrogen and oxygen atoms in total. The van der Waals surface area contributed by atoms with E-state index >= 15 is 0 Å². The molecule has 0 unspecified atom stereocenters.